The molecule has 1 aromatic carbocycles. The summed E-state index contributed by atoms with van der Waals surface area (Å²) in [4.78, 5) is 29.0. The van der Waals surface area contributed by atoms with Crippen LogP contribution in [0, 0.1) is 12.8 Å². The van der Waals surface area contributed by atoms with Crippen molar-refractivity contribution in [2.75, 3.05) is 22.5 Å². The van der Waals surface area contributed by atoms with E-state index in [0.717, 1.165) is 59.7 Å². The molecule has 2 amide bonds. The minimum Gasteiger partial charge on any atom is -0.481 e. The van der Waals surface area contributed by atoms with Crippen LogP contribution < -0.4 is 10.2 Å². The number of carboxylic acids is 1. The maximum absolute atomic E-state index is 13.7. The quantitative estimate of drug-likeness (QED) is 0.491. The number of aryl methyl sites for hydroxylation is 1. The number of thioether (sulfide) groups is 1. The summed E-state index contributed by atoms with van der Waals surface area (Å²) in [6, 6.07) is 3.26. The smallest absolute Gasteiger partial charge is 0.418 e. The average molecular weight is 474 g/mol. The van der Waals surface area contributed by atoms with Crippen LogP contribution in [0.15, 0.2) is 28.6 Å². The Bertz CT molecular complexity index is 943. The second kappa shape index (κ2) is 9.90. The van der Waals surface area contributed by atoms with Gasteiger partial charge in [0.15, 0.2) is 5.13 Å². The standard InChI is InChI=1S/C20H22F3N3O3S2/c1-12-6-7-15(14(8-12)20(21,22)23)26(10-13-4-2-3-5-13)19(29)25-18-24-9-17(31-18)30-11-16(27)28/h6-9,13H,2-5,10-11H2,1H3,(H,27,28)(H,24,25,29). The van der Waals surface area contributed by atoms with E-state index < -0.39 is 23.7 Å². The van der Waals surface area contributed by atoms with E-state index in [1.165, 1.54) is 12.3 Å². The number of hydrogen-bond acceptors (Lipinski definition) is 5. The first-order valence-electron chi connectivity index (χ1n) is 9.70. The summed E-state index contributed by atoms with van der Waals surface area (Å²) in [6.07, 6.45) is 0.557. The van der Waals surface area contributed by atoms with Crippen molar-refractivity contribution >= 4 is 45.9 Å². The number of nitrogens with one attached hydrogen (secondary N) is 1. The van der Waals surface area contributed by atoms with Crippen LogP contribution in [0.4, 0.5) is 28.8 Å². The Labute approximate surface area is 185 Å². The number of rotatable bonds is 7. The molecular formula is C20H22F3N3O3S2. The second-order valence-corrected chi connectivity index (χ2v) is 9.68. The lowest BCUT2D eigenvalue weighted by Gasteiger charge is -2.28. The number of carbonyl (C=O) groups is 2. The van der Waals surface area contributed by atoms with Crippen molar-refractivity contribution in [1.29, 1.82) is 0 Å². The molecule has 0 atom stereocenters. The van der Waals surface area contributed by atoms with E-state index >= 15 is 0 Å². The van der Waals surface area contributed by atoms with Gasteiger partial charge in [0.05, 0.1) is 27.4 Å². The Kier molecular flexibility index (Phi) is 7.47. The number of carbonyl (C=O) groups excluding carboxylic acids is 1. The summed E-state index contributed by atoms with van der Waals surface area (Å²) in [5.74, 6) is -1.00. The molecule has 0 bridgehead atoms. The molecule has 1 fully saturated rings. The highest BCUT2D eigenvalue weighted by atomic mass is 32.2. The molecule has 1 aliphatic rings. The number of benzene rings is 1. The lowest BCUT2D eigenvalue weighted by Crippen LogP contribution is -2.39. The maximum atomic E-state index is 13.7. The summed E-state index contributed by atoms with van der Waals surface area (Å²) >= 11 is 2.14. The Morgan fingerprint density at radius 1 is 1.32 bits per heavy atom. The number of aromatic nitrogens is 1. The number of halogens is 3. The third-order valence-corrected chi connectivity index (χ3v) is 7.04. The van der Waals surface area contributed by atoms with E-state index in [1.54, 1.807) is 13.0 Å². The van der Waals surface area contributed by atoms with Gasteiger partial charge >= 0.3 is 18.2 Å². The van der Waals surface area contributed by atoms with Crippen LogP contribution in [0.25, 0.3) is 0 Å². The molecule has 1 saturated carbocycles. The van der Waals surface area contributed by atoms with E-state index in [0.29, 0.717) is 9.77 Å². The predicted octanol–water partition coefficient (Wildman–Crippen LogP) is 5.88. The fourth-order valence-electron chi connectivity index (χ4n) is 3.53. The van der Waals surface area contributed by atoms with Crippen LogP contribution >= 0.6 is 23.1 Å². The summed E-state index contributed by atoms with van der Waals surface area (Å²) in [5.41, 5.74) is -0.575. The van der Waals surface area contributed by atoms with Gasteiger partial charge in [-0.2, -0.15) is 13.2 Å². The van der Waals surface area contributed by atoms with Gasteiger partial charge in [0.2, 0.25) is 0 Å². The van der Waals surface area contributed by atoms with Gasteiger partial charge in [0.1, 0.15) is 0 Å². The Hall–Kier alpha value is -2.27. The summed E-state index contributed by atoms with van der Waals surface area (Å²) in [7, 11) is 0. The third-order valence-electron chi connectivity index (χ3n) is 4.95. The molecule has 2 aromatic rings. The molecular weight excluding hydrogens is 451 g/mol. The van der Waals surface area contributed by atoms with Crippen molar-refractivity contribution in [1.82, 2.24) is 4.98 Å². The molecule has 0 saturated heterocycles. The van der Waals surface area contributed by atoms with Gasteiger partial charge in [0.25, 0.3) is 0 Å². The Morgan fingerprint density at radius 2 is 2.03 bits per heavy atom. The van der Waals surface area contributed by atoms with Gasteiger partial charge in [-0.1, -0.05) is 35.8 Å². The molecule has 1 heterocycles. The minimum absolute atomic E-state index is 0.131. The van der Waals surface area contributed by atoms with E-state index in [9.17, 15) is 22.8 Å². The molecule has 3 rings (SSSR count). The first kappa shape index (κ1) is 23.4. The molecule has 0 spiro atoms. The normalized spacial score (nSPS) is 14.6. The highest BCUT2D eigenvalue weighted by Gasteiger charge is 2.37. The number of thiazole rings is 1. The van der Waals surface area contributed by atoms with Crippen molar-refractivity contribution in [3.63, 3.8) is 0 Å². The number of alkyl halides is 3. The number of anilines is 2. The zero-order valence-corrected chi connectivity index (χ0v) is 18.4. The van der Waals surface area contributed by atoms with E-state index in [2.05, 4.69) is 10.3 Å². The molecule has 0 aliphatic heterocycles. The van der Waals surface area contributed by atoms with Gasteiger partial charge < -0.3 is 5.11 Å². The van der Waals surface area contributed by atoms with E-state index in [1.807, 2.05) is 0 Å². The highest BCUT2D eigenvalue weighted by Crippen LogP contribution is 2.39. The first-order valence-corrected chi connectivity index (χ1v) is 11.5. The number of nitrogens with zero attached hydrogens (tertiary/aromatic N) is 2. The number of carboxylic acid groups (broad SMARTS) is 1. The van der Waals surface area contributed by atoms with Crippen LogP contribution in [-0.2, 0) is 11.0 Å². The van der Waals surface area contributed by atoms with E-state index in [-0.39, 0.29) is 29.0 Å². The molecule has 11 heteroatoms. The summed E-state index contributed by atoms with van der Waals surface area (Å²) in [5, 5.41) is 11.6. The topological polar surface area (TPSA) is 82.5 Å². The molecule has 168 valence electrons. The fraction of sp³-hybridized carbons (Fsp3) is 0.450. The predicted molar refractivity (Wildman–Crippen MR) is 115 cm³/mol. The fourth-order valence-corrected chi connectivity index (χ4v) is 5.11. The average Bonchev–Trinajstić information content (AvgIpc) is 3.36. The van der Waals surface area contributed by atoms with Crippen molar-refractivity contribution in [3.05, 3.63) is 35.5 Å². The molecule has 1 aliphatic carbocycles. The third kappa shape index (κ3) is 6.36. The Balaban J connectivity index is 1.86. The van der Waals surface area contributed by atoms with Crippen molar-refractivity contribution in [2.45, 2.75) is 43.0 Å². The SMILES string of the molecule is Cc1ccc(N(CC2CCCC2)C(=O)Nc2ncc(SCC(=O)O)s2)c(C(F)(F)F)c1. The van der Waals surface area contributed by atoms with Crippen LogP contribution in [0.3, 0.4) is 0 Å². The van der Waals surface area contributed by atoms with Crippen molar-refractivity contribution in [2.24, 2.45) is 5.92 Å². The molecule has 6 nitrogen and oxygen atoms in total. The lowest BCUT2D eigenvalue weighted by atomic mass is 10.0. The summed E-state index contributed by atoms with van der Waals surface area (Å²) in [6.45, 7) is 1.76. The zero-order valence-electron chi connectivity index (χ0n) is 16.7. The van der Waals surface area contributed by atoms with Crippen LogP contribution in [0.1, 0.15) is 36.8 Å². The number of amides is 2. The zero-order chi connectivity index (χ0) is 22.6. The van der Waals surface area contributed by atoms with Gasteiger partial charge in [0, 0.05) is 6.54 Å². The minimum atomic E-state index is -4.60. The van der Waals surface area contributed by atoms with Crippen LogP contribution in [0.5, 0.6) is 0 Å². The molecule has 0 radical (unpaired) electrons. The maximum Gasteiger partial charge on any atom is 0.418 e. The van der Waals surface area contributed by atoms with Crippen LogP contribution in [0.2, 0.25) is 0 Å². The van der Waals surface area contributed by atoms with Gasteiger partial charge in [-0.25, -0.2) is 9.78 Å². The highest BCUT2D eigenvalue weighted by molar-refractivity contribution is 8.01. The van der Waals surface area contributed by atoms with Gasteiger partial charge in [-0.15, -0.1) is 11.8 Å². The number of aliphatic carboxylic acids is 1. The van der Waals surface area contributed by atoms with E-state index in [4.69, 9.17) is 5.11 Å². The van der Waals surface area contributed by atoms with Crippen LogP contribution in [-0.4, -0.2) is 34.4 Å². The molecule has 31 heavy (non-hydrogen) atoms. The molecule has 2 N–H and O–H groups in total. The van der Waals surface area contributed by atoms with Gasteiger partial charge in [-0.05, 0) is 37.8 Å². The largest absolute Gasteiger partial charge is 0.481 e. The number of urea groups is 1. The first-order chi connectivity index (χ1) is 14.6. The molecule has 1 aromatic heterocycles. The van der Waals surface area contributed by atoms with Crippen molar-refractivity contribution < 1.29 is 27.9 Å². The van der Waals surface area contributed by atoms with Gasteiger partial charge in [-0.3, -0.25) is 15.0 Å². The van der Waals surface area contributed by atoms with Crippen molar-refractivity contribution in [3.8, 4) is 0 Å². The molecule has 0 unspecified atom stereocenters. The monoisotopic (exact) mass is 473 g/mol. The second-order valence-electron chi connectivity index (χ2n) is 7.38. The lowest BCUT2D eigenvalue weighted by molar-refractivity contribution is -0.137. The summed E-state index contributed by atoms with van der Waals surface area (Å²) < 4.78 is 41.8. The Morgan fingerprint density at radius 3 is 2.68 bits per heavy atom. The number of hydrogen-bond donors (Lipinski definition) is 2.